The van der Waals surface area contributed by atoms with Crippen LogP contribution in [0.3, 0.4) is 0 Å². The van der Waals surface area contributed by atoms with E-state index in [1.807, 2.05) is 60.4 Å². The van der Waals surface area contributed by atoms with Crippen molar-refractivity contribution in [3.05, 3.63) is 41.3 Å². The van der Waals surface area contributed by atoms with Gasteiger partial charge in [0.05, 0.1) is 24.6 Å². The Labute approximate surface area is 313 Å². The molecule has 3 atom stereocenters. The summed E-state index contributed by atoms with van der Waals surface area (Å²) in [5.41, 5.74) is 0.730. The Kier molecular flexibility index (Phi) is 13.3. The summed E-state index contributed by atoms with van der Waals surface area (Å²) in [5, 5.41) is 16.6. The molecule has 3 aromatic rings. The van der Waals surface area contributed by atoms with Crippen molar-refractivity contribution in [3.8, 4) is 5.75 Å². The van der Waals surface area contributed by atoms with Crippen LogP contribution in [0.5, 0.6) is 5.75 Å². The van der Waals surface area contributed by atoms with Gasteiger partial charge in [-0.25, -0.2) is 14.6 Å². The van der Waals surface area contributed by atoms with Gasteiger partial charge in [-0.15, -0.1) is 11.3 Å². The lowest BCUT2D eigenvalue weighted by Gasteiger charge is -2.33. The van der Waals surface area contributed by atoms with Crippen LogP contribution in [0.4, 0.5) is 29.7 Å². The SMILES string of the molecule is COc1ccc(C(=O)C2CCN(c3nc(N(C)CCN(C)C(=O)CCCC[C@@H]4SC[C@@H]5NC(=O)N[C@@H]54)nc4sccc34)CC2)cc1.O=C(O)C(F)(F)F. The van der Waals surface area contributed by atoms with Crippen molar-refractivity contribution in [3.63, 3.8) is 0 Å². The number of ether oxygens (including phenoxy) is 1. The largest absolute Gasteiger partial charge is 0.497 e. The van der Waals surface area contributed by atoms with Gasteiger partial charge in [0.25, 0.3) is 0 Å². The molecule has 0 unspecified atom stereocenters. The zero-order valence-corrected chi connectivity index (χ0v) is 31.4. The van der Waals surface area contributed by atoms with E-state index in [-0.39, 0.29) is 35.7 Å². The molecule has 3 aliphatic heterocycles. The van der Waals surface area contributed by atoms with Crippen LogP contribution < -0.4 is 25.2 Å². The number of benzene rings is 1. The van der Waals surface area contributed by atoms with Gasteiger partial charge in [-0.1, -0.05) is 6.42 Å². The maximum Gasteiger partial charge on any atom is 0.490 e. The molecule has 288 valence electrons. The van der Waals surface area contributed by atoms with E-state index in [0.717, 1.165) is 78.3 Å². The number of nitrogens with one attached hydrogen (secondary N) is 2. The van der Waals surface area contributed by atoms with E-state index >= 15 is 0 Å². The van der Waals surface area contributed by atoms with Gasteiger partial charge in [-0.05, 0) is 61.4 Å². The highest BCUT2D eigenvalue weighted by molar-refractivity contribution is 8.00. The molecule has 5 heterocycles. The molecule has 3 saturated heterocycles. The van der Waals surface area contributed by atoms with Gasteiger partial charge < -0.3 is 35.2 Å². The van der Waals surface area contributed by atoms with Gasteiger partial charge in [0.2, 0.25) is 11.9 Å². The number of amides is 3. The molecular formula is C35H44F3N7O6S2. The fraction of sp³-hybridized carbons (Fsp3) is 0.543. The number of halogens is 3. The lowest BCUT2D eigenvalue weighted by Crippen LogP contribution is -2.38. The number of methoxy groups -OCH3 is 1. The number of carboxylic acid groups (broad SMARTS) is 1. The number of carboxylic acids is 1. The van der Waals surface area contributed by atoms with Gasteiger partial charge >= 0.3 is 18.2 Å². The monoisotopic (exact) mass is 779 g/mol. The smallest absolute Gasteiger partial charge is 0.490 e. The molecule has 3 aliphatic rings. The van der Waals surface area contributed by atoms with Gasteiger partial charge in [0, 0.05) is 69.2 Å². The van der Waals surface area contributed by atoms with Crippen molar-refractivity contribution in [1.82, 2.24) is 25.5 Å². The molecule has 6 rings (SSSR count). The van der Waals surface area contributed by atoms with E-state index in [0.29, 0.717) is 30.7 Å². The van der Waals surface area contributed by atoms with Crippen LogP contribution in [0.15, 0.2) is 35.7 Å². The minimum absolute atomic E-state index is 0.0131. The van der Waals surface area contributed by atoms with E-state index in [2.05, 4.69) is 21.6 Å². The molecule has 3 N–H and O–H groups in total. The van der Waals surface area contributed by atoms with E-state index in [1.54, 1.807) is 23.3 Å². The summed E-state index contributed by atoms with van der Waals surface area (Å²) in [6.07, 6.45) is -0.191. The van der Waals surface area contributed by atoms with Gasteiger partial charge in [0.1, 0.15) is 16.4 Å². The van der Waals surface area contributed by atoms with E-state index in [9.17, 15) is 27.6 Å². The summed E-state index contributed by atoms with van der Waals surface area (Å²) < 4.78 is 37.0. The molecule has 0 bridgehead atoms. The minimum atomic E-state index is -5.08. The number of rotatable bonds is 13. The number of hydrogen-bond acceptors (Lipinski definition) is 11. The number of hydrogen-bond donors (Lipinski definition) is 3. The van der Waals surface area contributed by atoms with Crippen molar-refractivity contribution in [2.24, 2.45) is 5.92 Å². The summed E-state index contributed by atoms with van der Waals surface area (Å²) in [7, 11) is 5.46. The molecule has 53 heavy (non-hydrogen) atoms. The summed E-state index contributed by atoms with van der Waals surface area (Å²) in [4.78, 5) is 63.4. The number of thiophene rings is 1. The average molecular weight is 780 g/mol. The number of piperidine rings is 1. The number of likely N-dealkylation sites (N-methyl/N-ethyl adjacent to an activating group) is 2. The van der Waals surface area contributed by atoms with Crippen molar-refractivity contribution in [1.29, 1.82) is 0 Å². The first kappa shape index (κ1) is 39.9. The van der Waals surface area contributed by atoms with Crippen molar-refractivity contribution in [2.75, 3.05) is 62.9 Å². The second-order valence-electron chi connectivity index (χ2n) is 13.2. The average Bonchev–Trinajstić information content (AvgIpc) is 3.87. The lowest BCUT2D eigenvalue weighted by molar-refractivity contribution is -0.192. The van der Waals surface area contributed by atoms with Crippen LogP contribution in [0, 0.1) is 5.92 Å². The number of carbonyl (C=O) groups excluding carboxylic acids is 3. The predicted molar refractivity (Wildman–Crippen MR) is 198 cm³/mol. The van der Waals surface area contributed by atoms with Gasteiger partial charge in [0.15, 0.2) is 5.78 Å². The lowest BCUT2D eigenvalue weighted by atomic mass is 9.89. The van der Waals surface area contributed by atoms with E-state index in [4.69, 9.17) is 24.6 Å². The van der Waals surface area contributed by atoms with Crippen molar-refractivity contribution < 1.29 is 42.2 Å². The molecule has 3 amide bonds. The Hall–Kier alpha value is -4.32. The summed E-state index contributed by atoms with van der Waals surface area (Å²) in [6.45, 7) is 2.70. The minimum Gasteiger partial charge on any atom is -0.497 e. The maximum atomic E-state index is 13.2. The third-order valence-electron chi connectivity index (χ3n) is 9.68. The Morgan fingerprint density at radius 2 is 1.74 bits per heavy atom. The summed E-state index contributed by atoms with van der Waals surface area (Å²) >= 11 is 3.51. The summed E-state index contributed by atoms with van der Waals surface area (Å²) in [6, 6.07) is 9.84. The van der Waals surface area contributed by atoms with Crippen LogP contribution in [-0.2, 0) is 9.59 Å². The Balaban J connectivity index is 0.000000705. The molecule has 2 aromatic heterocycles. The Morgan fingerprint density at radius 3 is 2.40 bits per heavy atom. The normalized spacial score (nSPS) is 19.8. The van der Waals surface area contributed by atoms with Gasteiger partial charge in [-0.2, -0.15) is 29.9 Å². The number of anilines is 2. The number of Topliss-reactive ketones (excluding diaryl/α,β-unsaturated/α-hetero) is 1. The number of urea groups is 1. The zero-order chi connectivity index (χ0) is 38.3. The first-order valence-electron chi connectivity index (χ1n) is 17.4. The number of carbonyl (C=O) groups is 4. The molecule has 18 heteroatoms. The van der Waals surface area contributed by atoms with E-state index in [1.165, 1.54) is 0 Å². The van der Waals surface area contributed by atoms with Crippen molar-refractivity contribution >= 4 is 68.8 Å². The standard InChI is InChI=1S/C33H43N7O4S2.C2HF3O2/c1-38(27(41)7-5-4-6-26-28-25(20-46-26)34-33(43)35-28)17-18-39(2)32-36-30(24-14-19-45-31(24)37-32)40-15-12-22(13-16-40)29(42)21-8-10-23(44-3)11-9-21;3-2(4,5)1(6)7/h8-11,14,19,22,25-26,28H,4-7,12-13,15-18,20H2,1-3H3,(H2,34,35,43);(H,6,7)/t25-,26-,28-;/m0./s1. The van der Waals surface area contributed by atoms with Gasteiger partial charge in [-0.3, -0.25) is 9.59 Å². The quantitative estimate of drug-likeness (QED) is 0.121. The number of thioether (sulfide) groups is 1. The number of ketones is 1. The molecule has 0 radical (unpaired) electrons. The molecule has 0 saturated carbocycles. The number of unbranched alkanes of at least 4 members (excludes halogenated alkanes) is 1. The van der Waals surface area contributed by atoms with Crippen LogP contribution in [0.1, 0.15) is 48.9 Å². The first-order chi connectivity index (χ1) is 25.2. The summed E-state index contributed by atoms with van der Waals surface area (Å²) in [5.74, 6) is 0.816. The highest BCUT2D eigenvalue weighted by Gasteiger charge is 2.42. The van der Waals surface area contributed by atoms with Crippen LogP contribution >= 0.6 is 23.1 Å². The number of aromatic nitrogens is 2. The first-order valence-corrected chi connectivity index (χ1v) is 19.3. The number of nitrogens with zero attached hydrogens (tertiary/aromatic N) is 5. The Morgan fingerprint density at radius 1 is 1.04 bits per heavy atom. The molecule has 0 spiro atoms. The van der Waals surface area contributed by atoms with Crippen LogP contribution in [0.25, 0.3) is 10.2 Å². The highest BCUT2D eigenvalue weighted by atomic mass is 32.2. The van der Waals surface area contributed by atoms with Crippen LogP contribution in [-0.4, -0.2) is 120 Å². The number of alkyl halides is 3. The zero-order valence-electron chi connectivity index (χ0n) is 29.7. The van der Waals surface area contributed by atoms with E-state index < -0.39 is 12.1 Å². The number of fused-ring (bicyclic) bond motifs is 2. The third kappa shape index (κ3) is 10.2. The molecule has 1 aromatic carbocycles. The second-order valence-corrected chi connectivity index (χ2v) is 15.4. The Bertz CT molecular complexity index is 1750. The molecule has 0 aliphatic carbocycles. The molecule has 3 fully saturated rings. The van der Waals surface area contributed by atoms with Crippen molar-refractivity contribution in [2.45, 2.75) is 62.0 Å². The second kappa shape index (κ2) is 17.7. The maximum absolute atomic E-state index is 13.2. The molecule has 13 nitrogen and oxygen atoms in total. The third-order valence-corrected chi connectivity index (χ3v) is 12.0. The van der Waals surface area contributed by atoms with Crippen LogP contribution in [0.2, 0.25) is 0 Å². The highest BCUT2D eigenvalue weighted by Crippen LogP contribution is 2.34. The fourth-order valence-corrected chi connectivity index (χ4v) is 8.86. The number of aliphatic carboxylic acids is 1. The fourth-order valence-electron chi connectivity index (χ4n) is 6.57. The topological polar surface area (TPSA) is 157 Å². The predicted octanol–water partition coefficient (Wildman–Crippen LogP) is 5.05. The molecular weight excluding hydrogens is 736 g/mol.